The molecule has 3 aromatic rings. The van der Waals surface area contributed by atoms with Gasteiger partial charge in [0.25, 0.3) is 12.3 Å². The zero-order valence-electron chi connectivity index (χ0n) is 17.2. The number of hydrogen-bond acceptors (Lipinski definition) is 4. The number of benzene rings is 3. The fraction of sp³-hybridized carbons (Fsp3) is 0.167. The number of ether oxygens (including phenoxy) is 2. The Bertz CT molecular complexity index is 1070. The molecule has 0 spiro atoms. The quantitative estimate of drug-likeness (QED) is 0.500. The van der Waals surface area contributed by atoms with E-state index in [0.717, 1.165) is 4.90 Å². The van der Waals surface area contributed by atoms with Crippen LogP contribution in [-0.4, -0.2) is 42.0 Å². The molecule has 3 aromatic carbocycles. The zero-order valence-corrected chi connectivity index (χ0v) is 17.2. The monoisotopic (exact) mass is 441 g/mol. The Hall–Kier alpha value is -3.94. The minimum absolute atomic E-state index is 0.0751. The largest absolute Gasteiger partial charge is 0.493 e. The Balaban J connectivity index is 1.75. The number of nitrogens with zero attached hydrogens (tertiary/aromatic N) is 1. The first kappa shape index (κ1) is 22.7. The predicted octanol–water partition coefficient (Wildman–Crippen LogP) is 5.09. The van der Waals surface area contributed by atoms with Crippen LogP contribution < -0.4 is 9.47 Å². The molecule has 166 valence electrons. The standard InChI is InChI=1S/C24H21F2NO5/c1-31-20-4-2-3-5-21(20)32-19-12-10-17(11-13-19)23(28)27(15-22(25)26)14-16-6-8-18(9-7-16)24(29)30/h2-13,22H,14-15H2,1H3,(H,29,30). The van der Waals surface area contributed by atoms with Crippen LogP contribution in [0.1, 0.15) is 26.3 Å². The highest BCUT2D eigenvalue weighted by atomic mass is 19.3. The molecule has 0 radical (unpaired) electrons. The van der Waals surface area contributed by atoms with E-state index >= 15 is 0 Å². The number of halogens is 2. The molecule has 0 aliphatic carbocycles. The predicted molar refractivity (Wildman–Crippen MR) is 114 cm³/mol. The lowest BCUT2D eigenvalue weighted by Crippen LogP contribution is -2.34. The normalized spacial score (nSPS) is 10.6. The van der Waals surface area contributed by atoms with Gasteiger partial charge in [0, 0.05) is 12.1 Å². The van der Waals surface area contributed by atoms with E-state index in [0.29, 0.717) is 22.8 Å². The summed E-state index contributed by atoms with van der Waals surface area (Å²) < 4.78 is 37.2. The van der Waals surface area contributed by atoms with Crippen molar-refractivity contribution in [2.24, 2.45) is 0 Å². The van der Waals surface area contributed by atoms with Crippen molar-refractivity contribution in [3.05, 3.63) is 89.5 Å². The molecule has 0 bridgehead atoms. The van der Waals surface area contributed by atoms with Crippen LogP contribution in [0.4, 0.5) is 8.78 Å². The first-order valence-corrected chi connectivity index (χ1v) is 9.68. The van der Waals surface area contributed by atoms with Crippen LogP contribution in [-0.2, 0) is 6.54 Å². The van der Waals surface area contributed by atoms with E-state index in [-0.39, 0.29) is 17.7 Å². The van der Waals surface area contributed by atoms with Crippen LogP contribution in [0, 0.1) is 0 Å². The van der Waals surface area contributed by atoms with Gasteiger partial charge in [0.05, 0.1) is 19.2 Å². The Labute approximate surface area is 183 Å². The van der Waals surface area contributed by atoms with E-state index in [2.05, 4.69) is 0 Å². The average molecular weight is 441 g/mol. The van der Waals surface area contributed by atoms with Gasteiger partial charge < -0.3 is 19.5 Å². The van der Waals surface area contributed by atoms with Crippen molar-refractivity contribution in [3.63, 3.8) is 0 Å². The Kier molecular flexibility index (Phi) is 7.38. The Morgan fingerprint density at radius 3 is 2.06 bits per heavy atom. The van der Waals surface area contributed by atoms with E-state index < -0.39 is 24.8 Å². The molecule has 0 saturated carbocycles. The van der Waals surface area contributed by atoms with Gasteiger partial charge >= 0.3 is 5.97 Å². The molecular weight excluding hydrogens is 420 g/mol. The van der Waals surface area contributed by atoms with E-state index in [1.807, 2.05) is 0 Å². The highest BCUT2D eigenvalue weighted by Gasteiger charge is 2.20. The molecule has 0 saturated heterocycles. The number of hydrogen-bond donors (Lipinski definition) is 1. The van der Waals surface area contributed by atoms with Gasteiger partial charge in [0.1, 0.15) is 5.75 Å². The maximum atomic E-state index is 13.1. The SMILES string of the molecule is COc1ccccc1Oc1ccc(C(=O)N(Cc2ccc(C(=O)O)cc2)CC(F)F)cc1. The van der Waals surface area contributed by atoms with Gasteiger partial charge in [-0.1, -0.05) is 24.3 Å². The summed E-state index contributed by atoms with van der Waals surface area (Å²) in [7, 11) is 1.52. The van der Waals surface area contributed by atoms with E-state index in [4.69, 9.17) is 14.6 Å². The summed E-state index contributed by atoms with van der Waals surface area (Å²) >= 11 is 0. The van der Waals surface area contributed by atoms with Gasteiger partial charge in [0.15, 0.2) is 11.5 Å². The molecule has 3 rings (SSSR count). The molecule has 0 atom stereocenters. The van der Waals surface area contributed by atoms with Crippen LogP contribution in [0.3, 0.4) is 0 Å². The number of rotatable bonds is 9. The third-order valence-corrected chi connectivity index (χ3v) is 4.62. The topological polar surface area (TPSA) is 76.1 Å². The Morgan fingerprint density at radius 2 is 1.50 bits per heavy atom. The molecule has 0 heterocycles. The third kappa shape index (κ3) is 5.81. The van der Waals surface area contributed by atoms with Crippen molar-refractivity contribution >= 4 is 11.9 Å². The number of aromatic carboxylic acids is 1. The molecule has 0 aliphatic rings. The van der Waals surface area contributed by atoms with Gasteiger partial charge in [-0.15, -0.1) is 0 Å². The molecule has 1 N–H and O–H groups in total. The van der Waals surface area contributed by atoms with Crippen LogP contribution in [0.25, 0.3) is 0 Å². The number of carboxylic acids is 1. The molecule has 1 amide bonds. The summed E-state index contributed by atoms with van der Waals surface area (Å²) in [4.78, 5) is 24.9. The van der Waals surface area contributed by atoms with Crippen LogP contribution in [0.5, 0.6) is 17.2 Å². The maximum absolute atomic E-state index is 13.1. The summed E-state index contributed by atoms with van der Waals surface area (Å²) in [6, 6.07) is 19.0. The minimum Gasteiger partial charge on any atom is -0.493 e. The molecule has 32 heavy (non-hydrogen) atoms. The second-order valence-corrected chi connectivity index (χ2v) is 6.86. The van der Waals surface area contributed by atoms with E-state index in [9.17, 15) is 18.4 Å². The molecule has 8 heteroatoms. The number of carboxylic acid groups (broad SMARTS) is 1. The summed E-state index contributed by atoms with van der Waals surface area (Å²) in [6.45, 7) is -0.832. The highest BCUT2D eigenvalue weighted by molar-refractivity contribution is 5.94. The summed E-state index contributed by atoms with van der Waals surface area (Å²) in [5, 5.41) is 8.98. The summed E-state index contributed by atoms with van der Waals surface area (Å²) in [5.41, 5.74) is 0.839. The van der Waals surface area contributed by atoms with Crippen molar-refractivity contribution in [1.29, 1.82) is 0 Å². The molecule has 0 aliphatic heterocycles. The third-order valence-electron chi connectivity index (χ3n) is 4.62. The number of methoxy groups -OCH3 is 1. The van der Waals surface area contributed by atoms with Crippen molar-refractivity contribution in [2.45, 2.75) is 13.0 Å². The zero-order chi connectivity index (χ0) is 23.1. The molecular formula is C24H21F2NO5. The molecule has 0 fully saturated rings. The van der Waals surface area contributed by atoms with E-state index in [1.165, 1.54) is 43.5 Å². The minimum atomic E-state index is -2.72. The first-order valence-electron chi connectivity index (χ1n) is 9.68. The number of alkyl halides is 2. The Morgan fingerprint density at radius 1 is 0.906 bits per heavy atom. The second-order valence-electron chi connectivity index (χ2n) is 6.86. The second kappa shape index (κ2) is 10.4. The van der Waals surface area contributed by atoms with Gasteiger partial charge in [-0.2, -0.15) is 0 Å². The van der Waals surface area contributed by atoms with E-state index in [1.54, 1.807) is 36.4 Å². The fourth-order valence-corrected chi connectivity index (χ4v) is 3.04. The highest BCUT2D eigenvalue weighted by Crippen LogP contribution is 2.31. The van der Waals surface area contributed by atoms with Gasteiger partial charge in [-0.05, 0) is 54.1 Å². The van der Waals surface area contributed by atoms with Crippen LogP contribution >= 0.6 is 0 Å². The number of para-hydroxylation sites is 2. The first-order chi connectivity index (χ1) is 15.4. The van der Waals surface area contributed by atoms with Gasteiger partial charge in [-0.25, -0.2) is 13.6 Å². The lowest BCUT2D eigenvalue weighted by molar-refractivity contribution is 0.0534. The van der Waals surface area contributed by atoms with Gasteiger partial charge in [-0.3, -0.25) is 4.79 Å². The summed E-state index contributed by atoms with van der Waals surface area (Å²) in [6.07, 6.45) is -2.72. The lowest BCUT2D eigenvalue weighted by Gasteiger charge is -2.23. The van der Waals surface area contributed by atoms with Crippen LogP contribution in [0.15, 0.2) is 72.8 Å². The van der Waals surface area contributed by atoms with Crippen molar-refractivity contribution < 1.29 is 33.0 Å². The summed E-state index contributed by atoms with van der Waals surface area (Å²) in [5.74, 6) is -0.164. The van der Waals surface area contributed by atoms with Crippen LogP contribution in [0.2, 0.25) is 0 Å². The lowest BCUT2D eigenvalue weighted by atomic mass is 10.1. The van der Waals surface area contributed by atoms with Crippen molar-refractivity contribution in [2.75, 3.05) is 13.7 Å². The average Bonchev–Trinajstić information content (AvgIpc) is 2.79. The molecule has 0 aromatic heterocycles. The molecule has 0 unspecified atom stereocenters. The number of amides is 1. The van der Waals surface area contributed by atoms with Gasteiger partial charge in [0.2, 0.25) is 0 Å². The number of carbonyl (C=O) groups excluding carboxylic acids is 1. The maximum Gasteiger partial charge on any atom is 0.335 e. The fourth-order valence-electron chi connectivity index (χ4n) is 3.04. The smallest absolute Gasteiger partial charge is 0.335 e. The van der Waals surface area contributed by atoms with Crippen molar-refractivity contribution in [1.82, 2.24) is 4.90 Å². The van der Waals surface area contributed by atoms with Crippen molar-refractivity contribution in [3.8, 4) is 17.2 Å². The molecule has 6 nitrogen and oxygen atoms in total. The number of carbonyl (C=O) groups is 2.